The molecule has 2 nitrogen and oxygen atoms in total. The van der Waals surface area contributed by atoms with Crippen molar-refractivity contribution in [3.05, 3.63) is 31.6 Å². The second-order valence-corrected chi connectivity index (χ2v) is 1.33. The van der Waals surface area contributed by atoms with Crippen LogP contribution in [0.1, 0.15) is 0 Å². The summed E-state index contributed by atoms with van der Waals surface area (Å²) in [6.45, 7) is 0. The van der Waals surface area contributed by atoms with Gasteiger partial charge in [0.2, 0.25) is 0 Å². The molecule has 0 saturated carbocycles. The molecule has 1 aromatic rings. The topological polar surface area (TPSA) is 22.1 Å². The lowest BCUT2D eigenvalue weighted by Crippen LogP contribution is -1.76. The first-order valence-electron chi connectivity index (χ1n) is 2.25. The summed E-state index contributed by atoms with van der Waals surface area (Å²) in [4.78, 5) is 3.79. The molecule has 0 aliphatic rings. The Bertz CT molecular complexity index is 150. The lowest BCUT2D eigenvalue weighted by Gasteiger charge is -1.92. The zero-order valence-corrected chi connectivity index (χ0v) is 4.37. The van der Waals surface area contributed by atoms with Crippen LogP contribution >= 0.6 is 0 Å². The van der Waals surface area contributed by atoms with Gasteiger partial charge in [-0.3, -0.25) is 4.98 Å². The first-order chi connectivity index (χ1) is 3.93. The van der Waals surface area contributed by atoms with E-state index < -0.39 is 0 Å². The molecular formula is C6H6NO. The summed E-state index contributed by atoms with van der Waals surface area (Å²) in [6, 6.07) is 3.49. The van der Waals surface area contributed by atoms with Crippen molar-refractivity contribution >= 4 is 0 Å². The van der Waals surface area contributed by atoms with Gasteiger partial charge in [-0.2, -0.15) is 0 Å². The van der Waals surface area contributed by atoms with Crippen LogP contribution in [0.4, 0.5) is 0 Å². The van der Waals surface area contributed by atoms with E-state index in [4.69, 9.17) is 0 Å². The van der Waals surface area contributed by atoms with Gasteiger partial charge in [0.15, 0.2) is 0 Å². The van der Waals surface area contributed by atoms with E-state index in [0.717, 1.165) is 5.75 Å². The van der Waals surface area contributed by atoms with Gasteiger partial charge < -0.3 is 4.74 Å². The predicted molar refractivity (Wildman–Crippen MR) is 30.2 cm³/mol. The zero-order valence-electron chi connectivity index (χ0n) is 4.37. The Hall–Kier alpha value is -1.05. The fourth-order valence-corrected chi connectivity index (χ4v) is 0.434. The van der Waals surface area contributed by atoms with Crippen LogP contribution in [0.5, 0.6) is 5.75 Å². The van der Waals surface area contributed by atoms with Gasteiger partial charge in [-0.15, -0.1) is 0 Å². The normalized spacial score (nSPS) is 8.62. The first kappa shape index (κ1) is 5.09. The third-order valence-electron chi connectivity index (χ3n) is 0.816. The minimum atomic E-state index is 0.736. The summed E-state index contributed by atoms with van der Waals surface area (Å²) in [5.41, 5.74) is 0. The summed E-state index contributed by atoms with van der Waals surface area (Å²) in [6.07, 6.45) is 3.31. The molecule has 0 atom stereocenters. The minimum absolute atomic E-state index is 0.736. The van der Waals surface area contributed by atoms with Crippen LogP contribution in [0.3, 0.4) is 0 Å². The van der Waals surface area contributed by atoms with E-state index >= 15 is 0 Å². The van der Waals surface area contributed by atoms with Crippen molar-refractivity contribution in [1.29, 1.82) is 0 Å². The van der Waals surface area contributed by atoms with Gasteiger partial charge in [-0.1, -0.05) is 0 Å². The van der Waals surface area contributed by atoms with E-state index in [1.54, 1.807) is 24.5 Å². The molecule has 0 amide bonds. The molecule has 1 radical (unpaired) electrons. The molecule has 0 bridgehead atoms. The molecule has 1 heterocycles. The van der Waals surface area contributed by atoms with Crippen LogP contribution in [0.2, 0.25) is 0 Å². The second-order valence-electron chi connectivity index (χ2n) is 1.33. The van der Waals surface area contributed by atoms with Gasteiger partial charge in [0.05, 0.1) is 0 Å². The average molecular weight is 108 g/mol. The van der Waals surface area contributed by atoms with Crippen molar-refractivity contribution in [1.82, 2.24) is 4.98 Å². The third kappa shape index (κ3) is 0.964. The van der Waals surface area contributed by atoms with Crippen LogP contribution in [-0.4, -0.2) is 4.98 Å². The molecule has 1 rings (SSSR count). The third-order valence-corrected chi connectivity index (χ3v) is 0.816. The number of ether oxygens (including phenoxy) is 1. The van der Waals surface area contributed by atoms with Crippen molar-refractivity contribution in [2.45, 2.75) is 0 Å². The second kappa shape index (κ2) is 2.31. The van der Waals surface area contributed by atoms with E-state index in [1.165, 1.54) is 0 Å². The summed E-state index contributed by atoms with van der Waals surface area (Å²) in [7, 11) is 3.23. The Kier molecular flexibility index (Phi) is 1.47. The Balaban J connectivity index is 2.83. The SMILES string of the molecule is [CH2]Oc1ccncc1. The van der Waals surface area contributed by atoms with Crippen LogP contribution in [0.25, 0.3) is 0 Å². The van der Waals surface area contributed by atoms with Gasteiger partial charge >= 0.3 is 0 Å². The molecule has 0 spiro atoms. The molecule has 0 fully saturated rings. The smallest absolute Gasteiger partial charge is 0.122 e. The lowest BCUT2D eigenvalue weighted by molar-refractivity contribution is 0.472. The van der Waals surface area contributed by atoms with E-state index in [-0.39, 0.29) is 0 Å². The maximum atomic E-state index is 4.62. The summed E-state index contributed by atoms with van der Waals surface area (Å²) < 4.78 is 4.62. The fraction of sp³-hybridized carbons (Fsp3) is 0. The highest BCUT2D eigenvalue weighted by molar-refractivity contribution is 5.16. The molecule has 2 heteroatoms. The fourth-order valence-electron chi connectivity index (χ4n) is 0.434. The Morgan fingerprint density at radius 1 is 1.38 bits per heavy atom. The predicted octanol–water partition coefficient (Wildman–Crippen LogP) is 1.25. The zero-order chi connectivity index (χ0) is 5.82. The number of hydrogen-bond donors (Lipinski definition) is 0. The number of aromatic nitrogens is 1. The van der Waals surface area contributed by atoms with E-state index in [1.807, 2.05) is 0 Å². The highest BCUT2D eigenvalue weighted by atomic mass is 16.5. The molecule has 0 N–H and O–H groups in total. The largest absolute Gasteiger partial charge is 0.490 e. The Labute approximate surface area is 48.1 Å². The van der Waals surface area contributed by atoms with Gasteiger partial charge in [-0.25, -0.2) is 0 Å². The standard InChI is InChI=1S/C6H6NO/c1-8-6-2-4-7-5-3-6/h2-5H,1H2. The average Bonchev–Trinajstić information content (AvgIpc) is 1.90. The van der Waals surface area contributed by atoms with Crippen LogP contribution < -0.4 is 4.74 Å². The maximum absolute atomic E-state index is 4.62. The van der Waals surface area contributed by atoms with Crippen molar-refractivity contribution in [2.24, 2.45) is 0 Å². The van der Waals surface area contributed by atoms with Crippen molar-refractivity contribution in [3.8, 4) is 5.75 Å². The monoisotopic (exact) mass is 108 g/mol. The van der Waals surface area contributed by atoms with Gasteiger partial charge in [0.1, 0.15) is 12.9 Å². The van der Waals surface area contributed by atoms with Crippen molar-refractivity contribution < 1.29 is 4.74 Å². The Morgan fingerprint density at radius 3 is 2.38 bits per heavy atom. The number of pyridine rings is 1. The van der Waals surface area contributed by atoms with E-state index in [0.29, 0.717) is 0 Å². The molecular weight excluding hydrogens is 102 g/mol. The first-order valence-corrected chi connectivity index (χ1v) is 2.25. The minimum Gasteiger partial charge on any atom is -0.490 e. The molecule has 0 aliphatic carbocycles. The summed E-state index contributed by atoms with van der Waals surface area (Å²) >= 11 is 0. The van der Waals surface area contributed by atoms with Crippen molar-refractivity contribution in [2.75, 3.05) is 0 Å². The van der Waals surface area contributed by atoms with E-state index in [2.05, 4.69) is 16.8 Å². The molecule has 41 valence electrons. The van der Waals surface area contributed by atoms with E-state index in [9.17, 15) is 0 Å². The van der Waals surface area contributed by atoms with Gasteiger partial charge in [0.25, 0.3) is 0 Å². The number of hydrogen-bond acceptors (Lipinski definition) is 2. The highest BCUT2D eigenvalue weighted by Gasteiger charge is 1.81. The highest BCUT2D eigenvalue weighted by Crippen LogP contribution is 2.04. The summed E-state index contributed by atoms with van der Waals surface area (Å²) in [5.74, 6) is 0.736. The quantitative estimate of drug-likeness (QED) is 0.540. The van der Waals surface area contributed by atoms with Gasteiger partial charge in [-0.05, 0) is 12.1 Å². The summed E-state index contributed by atoms with van der Waals surface area (Å²) in [5, 5.41) is 0. The molecule has 8 heavy (non-hydrogen) atoms. The van der Waals surface area contributed by atoms with Crippen LogP contribution in [0.15, 0.2) is 24.5 Å². The van der Waals surface area contributed by atoms with Crippen LogP contribution in [-0.2, 0) is 0 Å². The molecule has 1 aromatic heterocycles. The molecule has 0 saturated heterocycles. The van der Waals surface area contributed by atoms with Crippen molar-refractivity contribution in [3.63, 3.8) is 0 Å². The maximum Gasteiger partial charge on any atom is 0.122 e. The number of nitrogens with zero attached hydrogens (tertiary/aromatic N) is 1. The molecule has 0 aliphatic heterocycles. The number of rotatable bonds is 1. The molecule has 0 unspecified atom stereocenters. The Morgan fingerprint density at radius 2 is 2.00 bits per heavy atom. The lowest BCUT2D eigenvalue weighted by atomic mass is 10.5. The van der Waals surface area contributed by atoms with Gasteiger partial charge in [0, 0.05) is 12.4 Å². The van der Waals surface area contributed by atoms with Crippen LogP contribution in [0, 0.1) is 7.11 Å². The molecule has 0 aromatic carbocycles.